The van der Waals surface area contributed by atoms with Crippen LogP contribution >= 0.6 is 0 Å². The predicted octanol–water partition coefficient (Wildman–Crippen LogP) is 1.01. The molecule has 6 heteroatoms. The molecule has 1 aromatic carbocycles. The number of methoxy groups -OCH3 is 1. The normalized spacial score (nSPS) is 14.3. The van der Waals surface area contributed by atoms with Crippen LogP contribution in [0.1, 0.15) is 11.1 Å². The largest absolute Gasteiger partial charge is 0.496 e. The molecule has 0 bridgehead atoms. The molecule has 0 saturated carbocycles. The Kier molecular flexibility index (Phi) is 5.41. The van der Waals surface area contributed by atoms with Crippen molar-refractivity contribution in [2.24, 2.45) is 0 Å². The molecule has 0 atom stereocenters. The lowest BCUT2D eigenvalue weighted by molar-refractivity contribution is -0.116. The second-order valence-electron chi connectivity index (χ2n) is 5.77. The van der Waals surface area contributed by atoms with E-state index >= 15 is 0 Å². The van der Waals surface area contributed by atoms with Gasteiger partial charge in [-0.25, -0.2) is 0 Å². The molecule has 2 rings (SSSR count). The van der Waals surface area contributed by atoms with Gasteiger partial charge < -0.3 is 20.5 Å². The summed E-state index contributed by atoms with van der Waals surface area (Å²) in [4.78, 5) is 26.2. The molecular weight excluding hydrogens is 308 g/mol. The third-order valence-corrected chi connectivity index (χ3v) is 4.04. The second kappa shape index (κ2) is 7.31. The van der Waals surface area contributed by atoms with Crippen molar-refractivity contribution in [2.45, 2.75) is 13.3 Å². The van der Waals surface area contributed by atoms with Crippen molar-refractivity contribution in [2.75, 3.05) is 33.0 Å². The average Bonchev–Trinajstić information content (AvgIpc) is 2.53. The van der Waals surface area contributed by atoms with Crippen molar-refractivity contribution in [3.63, 3.8) is 0 Å². The Hall–Kier alpha value is -2.60. The summed E-state index contributed by atoms with van der Waals surface area (Å²) in [5.41, 5.74) is 8.88. The van der Waals surface area contributed by atoms with Crippen LogP contribution in [0.3, 0.4) is 0 Å². The fourth-order valence-corrected chi connectivity index (χ4v) is 2.60. The molecule has 0 unspecified atom stereocenters. The number of anilines is 1. The number of rotatable bonds is 6. The molecule has 1 aromatic rings. The number of nitrogens with zero attached hydrogens (tertiary/aromatic N) is 1. The zero-order valence-corrected chi connectivity index (χ0v) is 14.1. The molecule has 0 fully saturated rings. The van der Waals surface area contributed by atoms with E-state index in [1.807, 2.05) is 13.0 Å². The number of allylic oxidation sites excluding steroid dienone is 3. The lowest BCUT2D eigenvalue weighted by Crippen LogP contribution is -2.29. The van der Waals surface area contributed by atoms with Crippen molar-refractivity contribution in [1.29, 1.82) is 0 Å². The molecule has 6 nitrogen and oxygen atoms in total. The number of ether oxygens (including phenoxy) is 1. The number of aliphatic hydroxyl groups excluding tert-OH is 1. The Labute approximate surface area is 141 Å². The van der Waals surface area contributed by atoms with Crippen LogP contribution in [-0.4, -0.2) is 48.9 Å². The van der Waals surface area contributed by atoms with Gasteiger partial charge in [-0.05, 0) is 24.1 Å². The van der Waals surface area contributed by atoms with E-state index < -0.39 is 0 Å². The zero-order valence-electron chi connectivity index (χ0n) is 14.1. The quantitative estimate of drug-likeness (QED) is 0.597. The molecular formula is C18H22N2O4. The SMILES string of the molecule is COc1cc(N)c(C)cc1CC1=CC(=O)C(N(C)CCO)=CC1=O. The van der Waals surface area contributed by atoms with E-state index in [-0.39, 0.29) is 18.2 Å². The lowest BCUT2D eigenvalue weighted by Gasteiger charge is -2.22. The van der Waals surface area contributed by atoms with Crippen molar-refractivity contribution >= 4 is 17.3 Å². The maximum atomic E-state index is 12.4. The summed E-state index contributed by atoms with van der Waals surface area (Å²) in [6.07, 6.45) is 2.98. The standard InChI is InChI=1S/C18H22N2O4/c1-11-6-13(18(24-3)9-14(11)19)7-12-8-17(23)15(10-16(12)22)20(2)4-5-21/h6,8-10,21H,4-5,7,19H2,1-3H3. The molecule has 3 N–H and O–H groups in total. The van der Waals surface area contributed by atoms with Crippen LogP contribution in [0.4, 0.5) is 5.69 Å². The highest BCUT2D eigenvalue weighted by Gasteiger charge is 2.23. The molecule has 0 saturated heterocycles. The minimum Gasteiger partial charge on any atom is -0.496 e. The van der Waals surface area contributed by atoms with Crippen LogP contribution in [0, 0.1) is 6.92 Å². The van der Waals surface area contributed by atoms with Gasteiger partial charge in [0, 0.05) is 43.4 Å². The van der Waals surface area contributed by atoms with Gasteiger partial charge in [-0.1, -0.05) is 6.07 Å². The molecule has 0 amide bonds. The summed E-state index contributed by atoms with van der Waals surface area (Å²) in [5, 5.41) is 8.97. The number of carbonyl (C=O) groups is 2. The minimum atomic E-state index is -0.244. The minimum absolute atomic E-state index is 0.0895. The molecule has 128 valence electrons. The number of likely N-dealkylation sites (N-methyl/N-ethyl adjacent to an activating group) is 1. The van der Waals surface area contributed by atoms with E-state index in [1.54, 1.807) is 18.0 Å². The van der Waals surface area contributed by atoms with Gasteiger partial charge in [0.1, 0.15) is 5.75 Å². The Morgan fingerprint density at radius 1 is 1.21 bits per heavy atom. The fourth-order valence-electron chi connectivity index (χ4n) is 2.60. The number of aliphatic hydroxyl groups is 1. The predicted molar refractivity (Wildman–Crippen MR) is 91.7 cm³/mol. The van der Waals surface area contributed by atoms with Crippen molar-refractivity contribution < 1.29 is 19.4 Å². The highest BCUT2D eigenvalue weighted by Crippen LogP contribution is 2.28. The third-order valence-electron chi connectivity index (χ3n) is 4.04. The summed E-state index contributed by atoms with van der Waals surface area (Å²) in [6.45, 7) is 2.08. The molecule has 1 aliphatic rings. The zero-order chi connectivity index (χ0) is 17.9. The lowest BCUT2D eigenvalue weighted by atomic mass is 9.93. The summed E-state index contributed by atoms with van der Waals surface area (Å²) in [6, 6.07) is 3.58. The van der Waals surface area contributed by atoms with E-state index in [2.05, 4.69) is 0 Å². The van der Waals surface area contributed by atoms with Crippen molar-refractivity contribution in [3.05, 3.63) is 46.7 Å². The average molecular weight is 330 g/mol. The molecule has 0 radical (unpaired) electrons. The molecule has 0 heterocycles. The van der Waals surface area contributed by atoms with Crippen LogP contribution in [0.2, 0.25) is 0 Å². The summed E-state index contributed by atoms with van der Waals surface area (Å²) in [7, 11) is 3.20. The second-order valence-corrected chi connectivity index (χ2v) is 5.77. The van der Waals surface area contributed by atoms with E-state index in [4.69, 9.17) is 15.6 Å². The van der Waals surface area contributed by atoms with Crippen LogP contribution in [0.15, 0.2) is 35.6 Å². The fraction of sp³-hybridized carbons (Fsp3) is 0.333. The smallest absolute Gasteiger partial charge is 0.202 e. The highest BCUT2D eigenvalue weighted by atomic mass is 16.5. The Balaban J connectivity index is 2.27. The molecule has 0 aromatic heterocycles. The van der Waals surface area contributed by atoms with E-state index in [0.29, 0.717) is 35.7 Å². The van der Waals surface area contributed by atoms with Crippen LogP contribution in [0.25, 0.3) is 0 Å². The third kappa shape index (κ3) is 3.65. The first-order valence-corrected chi connectivity index (χ1v) is 7.63. The van der Waals surface area contributed by atoms with E-state index in [0.717, 1.165) is 11.1 Å². The summed E-state index contributed by atoms with van der Waals surface area (Å²) < 4.78 is 5.32. The number of nitrogen functional groups attached to an aromatic ring is 1. The summed E-state index contributed by atoms with van der Waals surface area (Å²) >= 11 is 0. The van der Waals surface area contributed by atoms with Crippen LogP contribution < -0.4 is 10.5 Å². The van der Waals surface area contributed by atoms with Gasteiger partial charge in [-0.3, -0.25) is 9.59 Å². The number of hydrogen-bond donors (Lipinski definition) is 2. The summed E-state index contributed by atoms with van der Waals surface area (Å²) in [5.74, 6) is 0.129. The van der Waals surface area contributed by atoms with Gasteiger partial charge in [0.2, 0.25) is 5.78 Å². The Morgan fingerprint density at radius 2 is 1.92 bits per heavy atom. The van der Waals surface area contributed by atoms with Crippen LogP contribution in [0.5, 0.6) is 5.75 Å². The van der Waals surface area contributed by atoms with Crippen molar-refractivity contribution in [1.82, 2.24) is 4.90 Å². The molecule has 0 spiro atoms. The first kappa shape index (κ1) is 17.7. The number of nitrogens with two attached hydrogens (primary N) is 1. The van der Waals surface area contributed by atoms with E-state index in [9.17, 15) is 9.59 Å². The monoisotopic (exact) mass is 330 g/mol. The van der Waals surface area contributed by atoms with Gasteiger partial charge in [0.05, 0.1) is 19.4 Å². The van der Waals surface area contributed by atoms with Crippen LogP contribution in [-0.2, 0) is 16.0 Å². The molecule has 0 aliphatic heterocycles. The number of ketones is 2. The van der Waals surface area contributed by atoms with E-state index in [1.165, 1.54) is 19.3 Å². The van der Waals surface area contributed by atoms with Gasteiger partial charge in [0.15, 0.2) is 5.78 Å². The number of carbonyl (C=O) groups excluding carboxylic acids is 2. The molecule has 1 aliphatic carbocycles. The van der Waals surface area contributed by atoms with Crippen molar-refractivity contribution in [3.8, 4) is 5.75 Å². The van der Waals surface area contributed by atoms with Gasteiger partial charge in [0.25, 0.3) is 0 Å². The number of benzene rings is 1. The maximum absolute atomic E-state index is 12.4. The topological polar surface area (TPSA) is 92.9 Å². The maximum Gasteiger partial charge on any atom is 0.202 e. The van der Waals surface area contributed by atoms with Gasteiger partial charge in [-0.15, -0.1) is 0 Å². The Morgan fingerprint density at radius 3 is 2.54 bits per heavy atom. The first-order valence-electron chi connectivity index (χ1n) is 7.63. The Bertz CT molecular complexity index is 735. The molecule has 24 heavy (non-hydrogen) atoms. The number of aryl methyl sites for hydroxylation is 1. The highest BCUT2D eigenvalue weighted by molar-refractivity contribution is 6.19. The van der Waals surface area contributed by atoms with Gasteiger partial charge in [-0.2, -0.15) is 0 Å². The first-order chi connectivity index (χ1) is 11.4. The number of hydrogen-bond acceptors (Lipinski definition) is 6. The van der Waals surface area contributed by atoms with Gasteiger partial charge >= 0.3 is 0 Å².